The normalized spacial score (nSPS) is 15.3. The number of hydrogen-bond acceptors (Lipinski definition) is 5. The Labute approximate surface area is 178 Å². The van der Waals surface area contributed by atoms with Crippen molar-refractivity contribution in [3.05, 3.63) is 77.4 Å². The van der Waals surface area contributed by atoms with Crippen LogP contribution in [0.5, 0.6) is 0 Å². The summed E-state index contributed by atoms with van der Waals surface area (Å²) < 4.78 is 38.6. The molecule has 1 aromatic carbocycles. The Morgan fingerprint density at radius 2 is 1.58 bits per heavy atom. The highest BCUT2D eigenvalue weighted by Gasteiger charge is 2.30. The summed E-state index contributed by atoms with van der Waals surface area (Å²) in [5.74, 6) is 0.517. The van der Waals surface area contributed by atoms with Crippen molar-refractivity contribution in [2.24, 2.45) is 0 Å². The van der Waals surface area contributed by atoms with Gasteiger partial charge in [-0.05, 0) is 35.9 Å². The Morgan fingerprint density at radius 3 is 2.19 bits per heavy atom. The Morgan fingerprint density at radius 1 is 0.903 bits per heavy atom. The van der Waals surface area contributed by atoms with Gasteiger partial charge in [-0.2, -0.15) is 13.2 Å². The van der Waals surface area contributed by atoms with Gasteiger partial charge in [0.15, 0.2) is 0 Å². The highest BCUT2D eigenvalue weighted by atomic mass is 19.4. The molecule has 1 aliphatic heterocycles. The number of halogens is 3. The van der Waals surface area contributed by atoms with Crippen LogP contribution in [0.1, 0.15) is 16.8 Å². The molecule has 0 amide bonds. The van der Waals surface area contributed by atoms with E-state index >= 15 is 0 Å². The minimum absolute atomic E-state index is 0.0227. The lowest BCUT2D eigenvalue weighted by atomic mass is 10.1. The molecule has 1 saturated heterocycles. The Kier molecular flexibility index (Phi) is 6.15. The summed E-state index contributed by atoms with van der Waals surface area (Å²) in [7, 11) is 0. The first kappa shape index (κ1) is 21.2. The molecule has 9 heteroatoms. The van der Waals surface area contributed by atoms with Gasteiger partial charge < -0.3 is 10.6 Å². The van der Waals surface area contributed by atoms with E-state index in [-0.39, 0.29) is 6.54 Å². The maximum absolute atomic E-state index is 12.9. The molecule has 0 unspecified atom stereocenters. The molecule has 31 heavy (non-hydrogen) atoms. The first-order valence-corrected chi connectivity index (χ1v) is 9.99. The van der Waals surface area contributed by atoms with Crippen LogP contribution >= 0.6 is 0 Å². The predicted octanol–water partition coefficient (Wildman–Crippen LogP) is 4.43. The number of nitrogens with zero attached hydrogens (tertiary/aromatic N) is 5. The topological polar surface area (TPSA) is 69.0 Å². The molecule has 0 bridgehead atoms. The van der Waals surface area contributed by atoms with Crippen molar-refractivity contribution < 1.29 is 13.2 Å². The maximum atomic E-state index is 12.9. The van der Waals surface area contributed by atoms with Gasteiger partial charge in [0.1, 0.15) is 0 Å². The van der Waals surface area contributed by atoms with E-state index in [9.17, 15) is 13.2 Å². The molecule has 1 aliphatic rings. The minimum Gasteiger partial charge on any atom is -0.672 e. The Hall–Kier alpha value is -3.04. The summed E-state index contributed by atoms with van der Waals surface area (Å²) in [5, 5.41) is 0. The zero-order valence-electron chi connectivity index (χ0n) is 16.8. The second kappa shape index (κ2) is 8.99. The molecular formula is C22H22F3N6-. The number of alkyl halides is 3. The molecule has 2 aromatic heterocycles. The van der Waals surface area contributed by atoms with Crippen LogP contribution < -0.4 is 4.90 Å². The van der Waals surface area contributed by atoms with Crippen LogP contribution in [0.2, 0.25) is 0 Å². The van der Waals surface area contributed by atoms with Crippen molar-refractivity contribution in [2.45, 2.75) is 19.3 Å². The summed E-state index contributed by atoms with van der Waals surface area (Å²) >= 11 is 0. The van der Waals surface area contributed by atoms with Gasteiger partial charge in [-0.1, -0.05) is 12.1 Å². The molecule has 3 aromatic rings. The van der Waals surface area contributed by atoms with Crippen molar-refractivity contribution in [2.75, 3.05) is 31.1 Å². The van der Waals surface area contributed by atoms with E-state index in [0.717, 1.165) is 44.9 Å². The molecule has 0 atom stereocenters. The summed E-state index contributed by atoms with van der Waals surface area (Å²) in [6, 6.07) is 10.6. The predicted molar refractivity (Wildman–Crippen MR) is 112 cm³/mol. The zero-order chi connectivity index (χ0) is 21.8. The second-order valence-electron chi connectivity index (χ2n) is 7.42. The van der Waals surface area contributed by atoms with E-state index < -0.39 is 11.7 Å². The lowest BCUT2D eigenvalue weighted by Gasteiger charge is -2.35. The molecule has 0 aliphatic carbocycles. The highest BCUT2D eigenvalue weighted by Crippen LogP contribution is 2.31. The van der Waals surface area contributed by atoms with Crippen molar-refractivity contribution in [1.82, 2.24) is 19.9 Å². The molecule has 0 spiro atoms. The van der Waals surface area contributed by atoms with Crippen molar-refractivity contribution >= 4 is 5.95 Å². The third-order valence-electron chi connectivity index (χ3n) is 5.27. The fourth-order valence-corrected chi connectivity index (χ4v) is 3.55. The lowest BCUT2D eigenvalue weighted by molar-refractivity contribution is -0.137. The summed E-state index contributed by atoms with van der Waals surface area (Å²) in [4.78, 5) is 17.5. The van der Waals surface area contributed by atoms with E-state index in [1.54, 1.807) is 18.5 Å². The minimum atomic E-state index is -4.38. The van der Waals surface area contributed by atoms with Crippen LogP contribution in [0.15, 0.2) is 54.9 Å². The number of anilines is 1. The van der Waals surface area contributed by atoms with E-state index in [1.165, 1.54) is 17.7 Å². The van der Waals surface area contributed by atoms with E-state index in [1.807, 2.05) is 12.1 Å². The van der Waals surface area contributed by atoms with E-state index in [2.05, 4.69) is 24.8 Å². The molecule has 4 rings (SSSR count). The third-order valence-corrected chi connectivity index (χ3v) is 5.27. The van der Waals surface area contributed by atoms with Gasteiger partial charge in [-0.3, -0.25) is 9.88 Å². The van der Waals surface area contributed by atoms with Gasteiger partial charge in [0, 0.05) is 56.4 Å². The molecule has 0 saturated carbocycles. The number of piperazine rings is 1. The molecule has 3 heterocycles. The molecule has 0 radical (unpaired) electrons. The first-order valence-electron chi connectivity index (χ1n) is 9.99. The average molecular weight is 427 g/mol. The van der Waals surface area contributed by atoms with Gasteiger partial charge >= 0.3 is 6.18 Å². The van der Waals surface area contributed by atoms with Gasteiger partial charge in [0.25, 0.3) is 0 Å². The Balaban J connectivity index is 1.49. The number of benzene rings is 1. The second-order valence-corrected chi connectivity index (χ2v) is 7.42. The lowest BCUT2D eigenvalue weighted by Crippen LogP contribution is -2.46. The van der Waals surface area contributed by atoms with E-state index in [0.29, 0.717) is 22.9 Å². The van der Waals surface area contributed by atoms with Crippen LogP contribution in [-0.2, 0) is 19.3 Å². The molecule has 1 fully saturated rings. The van der Waals surface area contributed by atoms with E-state index in [4.69, 9.17) is 5.73 Å². The average Bonchev–Trinajstić information content (AvgIpc) is 2.79. The number of nitrogens with one attached hydrogen (secondary N) is 1. The largest absolute Gasteiger partial charge is 0.672 e. The van der Waals surface area contributed by atoms with Crippen LogP contribution in [-0.4, -0.2) is 46.0 Å². The fraction of sp³-hybridized carbons (Fsp3) is 0.318. The van der Waals surface area contributed by atoms with Crippen molar-refractivity contribution in [1.29, 1.82) is 0 Å². The first-order chi connectivity index (χ1) is 14.9. The molecular weight excluding hydrogens is 405 g/mol. The standard InChI is InChI=1S/C22H22F3N6/c23-22(24,25)18-3-1-17(2-4-18)20-13-19(14-26)28-21(29-20)31-11-9-30(10-12-31)15-16-5-7-27-8-6-16/h1-8,13,26H,9-12,14-15H2/q-1. The molecule has 162 valence electrons. The maximum Gasteiger partial charge on any atom is 0.416 e. The van der Waals surface area contributed by atoms with Crippen LogP contribution in [0.4, 0.5) is 19.1 Å². The number of pyridine rings is 1. The SMILES string of the molecule is [NH-]Cc1cc(-c2ccc(C(F)(F)F)cc2)nc(N2CCN(Cc3ccncc3)CC2)n1. The fourth-order valence-electron chi connectivity index (χ4n) is 3.55. The van der Waals surface area contributed by atoms with Gasteiger partial charge in [-0.15, -0.1) is 6.54 Å². The molecule has 6 nitrogen and oxygen atoms in total. The smallest absolute Gasteiger partial charge is 0.416 e. The summed E-state index contributed by atoms with van der Waals surface area (Å²) in [6.45, 7) is 3.97. The van der Waals surface area contributed by atoms with Gasteiger partial charge in [-0.25, -0.2) is 9.97 Å². The van der Waals surface area contributed by atoms with Crippen molar-refractivity contribution in [3.63, 3.8) is 0 Å². The number of aromatic nitrogens is 3. The Bertz CT molecular complexity index is 1000. The third kappa shape index (κ3) is 5.18. The zero-order valence-corrected chi connectivity index (χ0v) is 16.8. The van der Waals surface area contributed by atoms with Gasteiger partial charge in [0.05, 0.1) is 11.3 Å². The number of rotatable bonds is 5. The van der Waals surface area contributed by atoms with Gasteiger partial charge in [0.2, 0.25) is 5.95 Å². The summed E-state index contributed by atoms with van der Waals surface area (Å²) in [5.41, 5.74) is 9.87. The number of hydrogen-bond donors (Lipinski definition) is 0. The molecule has 1 N–H and O–H groups in total. The highest BCUT2D eigenvalue weighted by molar-refractivity contribution is 5.61. The summed E-state index contributed by atoms with van der Waals surface area (Å²) in [6.07, 6.45) is -0.805. The van der Waals surface area contributed by atoms with Crippen LogP contribution in [0.3, 0.4) is 0 Å². The van der Waals surface area contributed by atoms with Crippen molar-refractivity contribution in [3.8, 4) is 11.3 Å². The quantitative estimate of drug-likeness (QED) is 0.603. The monoisotopic (exact) mass is 427 g/mol. The van der Waals surface area contributed by atoms with Crippen LogP contribution in [0.25, 0.3) is 17.0 Å². The van der Waals surface area contributed by atoms with Crippen LogP contribution in [0, 0.1) is 0 Å².